The van der Waals surface area contributed by atoms with Crippen LogP contribution in [0.2, 0.25) is 0 Å². The number of tetrazole rings is 1. The minimum Gasteiger partial charge on any atom is -0.316 e. The van der Waals surface area contributed by atoms with Crippen LogP contribution in [0.1, 0.15) is 58.9 Å². The van der Waals surface area contributed by atoms with Gasteiger partial charge in [0.2, 0.25) is 5.16 Å². The molecule has 1 aliphatic rings. The van der Waals surface area contributed by atoms with Crippen LogP contribution in [0.15, 0.2) is 5.16 Å². The van der Waals surface area contributed by atoms with Crippen molar-refractivity contribution in [1.29, 1.82) is 0 Å². The Hall–Kier alpha value is -0.620. The predicted octanol–water partition coefficient (Wildman–Crippen LogP) is 2.91. The summed E-state index contributed by atoms with van der Waals surface area (Å²) in [7, 11) is 0. The first kappa shape index (κ1) is 15.8. The molecule has 0 aliphatic heterocycles. The monoisotopic (exact) mass is 297 g/mol. The van der Waals surface area contributed by atoms with Gasteiger partial charge in [-0.25, -0.2) is 4.68 Å². The zero-order valence-electron chi connectivity index (χ0n) is 12.9. The third-order valence-electron chi connectivity index (χ3n) is 3.69. The molecule has 0 unspecified atom stereocenters. The standard InChI is InChI=1S/C14H27N5S/c1-14(2,3)8-9-15-10-11-20-13-16-17-18-19(13)12-6-4-5-7-12/h12,15H,4-11H2,1-3H3. The number of aromatic nitrogens is 4. The van der Waals surface area contributed by atoms with Gasteiger partial charge in [0.05, 0.1) is 6.04 Å². The van der Waals surface area contributed by atoms with E-state index in [1.54, 1.807) is 11.8 Å². The molecule has 6 heteroatoms. The van der Waals surface area contributed by atoms with Crippen molar-refractivity contribution in [2.45, 2.75) is 64.1 Å². The van der Waals surface area contributed by atoms with Gasteiger partial charge in [-0.15, -0.1) is 5.10 Å². The molecule has 1 aliphatic carbocycles. The molecular formula is C14H27N5S. The van der Waals surface area contributed by atoms with E-state index in [-0.39, 0.29) is 0 Å². The van der Waals surface area contributed by atoms with Crippen molar-refractivity contribution in [3.8, 4) is 0 Å². The second-order valence-corrected chi connectivity index (χ2v) is 7.82. The minimum atomic E-state index is 0.409. The van der Waals surface area contributed by atoms with E-state index < -0.39 is 0 Å². The number of nitrogens with zero attached hydrogens (tertiary/aromatic N) is 4. The topological polar surface area (TPSA) is 55.6 Å². The lowest BCUT2D eigenvalue weighted by Gasteiger charge is -2.18. The van der Waals surface area contributed by atoms with E-state index in [1.807, 2.05) is 4.68 Å². The molecule has 0 amide bonds. The van der Waals surface area contributed by atoms with Crippen molar-refractivity contribution in [3.63, 3.8) is 0 Å². The number of hydrogen-bond acceptors (Lipinski definition) is 5. The van der Waals surface area contributed by atoms with E-state index in [4.69, 9.17) is 0 Å². The molecule has 0 atom stereocenters. The minimum absolute atomic E-state index is 0.409. The van der Waals surface area contributed by atoms with E-state index in [1.165, 1.54) is 32.1 Å². The Morgan fingerprint density at radius 2 is 2.00 bits per heavy atom. The van der Waals surface area contributed by atoms with E-state index in [2.05, 4.69) is 41.6 Å². The molecule has 1 fully saturated rings. The van der Waals surface area contributed by atoms with Gasteiger partial charge in [0.15, 0.2) is 0 Å². The molecule has 114 valence electrons. The number of nitrogens with one attached hydrogen (secondary N) is 1. The SMILES string of the molecule is CC(C)(C)CCNCCSc1nnnn1C1CCCC1. The number of thioether (sulfide) groups is 1. The number of hydrogen-bond donors (Lipinski definition) is 1. The molecule has 2 rings (SSSR count). The van der Waals surface area contributed by atoms with Crippen LogP contribution in [-0.2, 0) is 0 Å². The molecule has 5 nitrogen and oxygen atoms in total. The highest BCUT2D eigenvalue weighted by atomic mass is 32.2. The van der Waals surface area contributed by atoms with E-state index in [0.29, 0.717) is 11.5 Å². The van der Waals surface area contributed by atoms with Gasteiger partial charge in [0.25, 0.3) is 0 Å². The fraction of sp³-hybridized carbons (Fsp3) is 0.929. The first-order valence-electron chi connectivity index (χ1n) is 7.68. The molecule has 1 aromatic heterocycles. The quantitative estimate of drug-likeness (QED) is 0.619. The normalized spacial score (nSPS) is 16.9. The summed E-state index contributed by atoms with van der Waals surface area (Å²) >= 11 is 1.76. The maximum atomic E-state index is 4.16. The number of rotatable bonds is 7. The summed E-state index contributed by atoms with van der Waals surface area (Å²) in [6.45, 7) is 8.92. The average Bonchev–Trinajstić information content (AvgIpc) is 3.02. The Morgan fingerprint density at radius 3 is 2.70 bits per heavy atom. The van der Waals surface area contributed by atoms with Gasteiger partial charge < -0.3 is 5.32 Å². The van der Waals surface area contributed by atoms with Gasteiger partial charge in [-0.2, -0.15) is 0 Å². The van der Waals surface area contributed by atoms with Crippen molar-refractivity contribution >= 4 is 11.8 Å². The third kappa shape index (κ3) is 5.05. The first-order valence-corrected chi connectivity index (χ1v) is 8.66. The van der Waals surface area contributed by atoms with Crippen LogP contribution in [0.3, 0.4) is 0 Å². The van der Waals surface area contributed by atoms with E-state index >= 15 is 0 Å². The third-order valence-corrected chi connectivity index (χ3v) is 4.63. The molecule has 0 saturated heterocycles. The van der Waals surface area contributed by atoms with Crippen LogP contribution in [0, 0.1) is 5.41 Å². The summed E-state index contributed by atoms with van der Waals surface area (Å²) in [5, 5.41) is 16.6. The molecule has 0 aromatic carbocycles. The Labute approximate surface area is 126 Å². The van der Waals surface area contributed by atoms with Crippen LogP contribution in [0.5, 0.6) is 0 Å². The Morgan fingerprint density at radius 1 is 1.25 bits per heavy atom. The molecule has 1 saturated carbocycles. The molecule has 0 spiro atoms. The fourth-order valence-corrected chi connectivity index (χ4v) is 3.30. The smallest absolute Gasteiger partial charge is 0.209 e. The molecule has 20 heavy (non-hydrogen) atoms. The lowest BCUT2D eigenvalue weighted by Crippen LogP contribution is -2.22. The second-order valence-electron chi connectivity index (χ2n) is 6.75. The van der Waals surface area contributed by atoms with Gasteiger partial charge in [-0.05, 0) is 41.6 Å². The Bertz CT molecular complexity index is 393. The summed E-state index contributed by atoms with van der Waals surface area (Å²) in [6.07, 6.45) is 6.27. The predicted molar refractivity (Wildman–Crippen MR) is 83.0 cm³/mol. The van der Waals surface area contributed by atoms with Crippen molar-refractivity contribution in [3.05, 3.63) is 0 Å². The maximum Gasteiger partial charge on any atom is 0.209 e. The zero-order valence-corrected chi connectivity index (χ0v) is 13.7. The summed E-state index contributed by atoms with van der Waals surface area (Å²) in [5.74, 6) is 1.03. The highest BCUT2D eigenvalue weighted by Crippen LogP contribution is 2.31. The van der Waals surface area contributed by atoms with Gasteiger partial charge in [-0.3, -0.25) is 0 Å². The van der Waals surface area contributed by atoms with Gasteiger partial charge in [0.1, 0.15) is 0 Å². The fourth-order valence-electron chi connectivity index (χ4n) is 2.46. The Kier molecular flexibility index (Phi) is 5.84. The van der Waals surface area contributed by atoms with Gasteiger partial charge >= 0.3 is 0 Å². The lowest BCUT2D eigenvalue weighted by molar-refractivity contribution is 0.369. The van der Waals surface area contributed by atoms with Gasteiger partial charge in [0, 0.05) is 12.3 Å². The second kappa shape index (κ2) is 7.41. The van der Waals surface area contributed by atoms with Crippen LogP contribution in [-0.4, -0.2) is 39.0 Å². The van der Waals surface area contributed by atoms with Crippen LogP contribution in [0.4, 0.5) is 0 Å². The van der Waals surface area contributed by atoms with Crippen molar-refractivity contribution < 1.29 is 0 Å². The van der Waals surface area contributed by atoms with Crippen molar-refractivity contribution in [2.24, 2.45) is 5.41 Å². The average molecular weight is 297 g/mol. The first-order chi connectivity index (χ1) is 9.56. The van der Waals surface area contributed by atoms with Crippen molar-refractivity contribution in [1.82, 2.24) is 25.5 Å². The van der Waals surface area contributed by atoms with Crippen LogP contribution >= 0.6 is 11.8 Å². The van der Waals surface area contributed by atoms with Crippen LogP contribution < -0.4 is 5.32 Å². The summed E-state index contributed by atoms with van der Waals surface area (Å²) < 4.78 is 2.03. The Balaban J connectivity index is 1.66. The largest absolute Gasteiger partial charge is 0.316 e. The molecule has 1 N–H and O–H groups in total. The van der Waals surface area contributed by atoms with E-state index in [0.717, 1.165) is 24.0 Å². The highest BCUT2D eigenvalue weighted by molar-refractivity contribution is 7.99. The van der Waals surface area contributed by atoms with Crippen LogP contribution in [0.25, 0.3) is 0 Å². The van der Waals surface area contributed by atoms with Gasteiger partial charge in [-0.1, -0.05) is 45.4 Å². The summed E-state index contributed by atoms with van der Waals surface area (Å²) in [4.78, 5) is 0. The van der Waals surface area contributed by atoms with E-state index in [9.17, 15) is 0 Å². The molecule has 1 heterocycles. The molecule has 1 aromatic rings. The molecule has 0 radical (unpaired) electrons. The lowest BCUT2D eigenvalue weighted by atomic mass is 9.92. The molecule has 0 bridgehead atoms. The zero-order chi connectivity index (χ0) is 14.4. The highest BCUT2D eigenvalue weighted by Gasteiger charge is 2.21. The summed E-state index contributed by atoms with van der Waals surface area (Å²) in [6, 6.07) is 0.529. The summed E-state index contributed by atoms with van der Waals surface area (Å²) in [5.41, 5.74) is 0.409. The van der Waals surface area contributed by atoms with Crippen molar-refractivity contribution in [2.75, 3.05) is 18.8 Å². The maximum absolute atomic E-state index is 4.16. The molecular weight excluding hydrogens is 270 g/mol.